The highest BCUT2D eigenvalue weighted by Crippen LogP contribution is 2.38. The Hall–Kier alpha value is -3.76. The number of alkyl halides is 3. The lowest BCUT2D eigenvalue weighted by molar-refractivity contribution is -0.143. The van der Waals surface area contributed by atoms with Gasteiger partial charge in [-0.25, -0.2) is 17.6 Å². The fraction of sp³-hybridized carbons (Fsp3) is 0.174. The quantitative estimate of drug-likeness (QED) is 0.167. The normalized spacial score (nSPS) is 11.6. The minimum absolute atomic E-state index is 0.263. The van der Waals surface area contributed by atoms with E-state index in [-0.39, 0.29) is 6.61 Å². The van der Waals surface area contributed by atoms with Gasteiger partial charge in [0, 0.05) is 0 Å². The summed E-state index contributed by atoms with van der Waals surface area (Å²) >= 11 is 0. The first kappa shape index (κ1) is 24.9. The molecule has 0 saturated carbocycles. The van der Waals surface area contributed by atoms with Gasteiger partial charge in [0.15, 0.2) is 34.8 Å². The molecule has 0 aliphatic heterocycles. The molecule has 0 spiro atoms. The van der Waals surface area contributed by atoms with Crippen molar-refractivity contribution in [1.29, 1.82) is 0 Å². The lowest BCUT2D eigenvalue weighted by atomic mass is 10.1. The molecule has 0 atom stereocenters. The molecule has 34 heavy (non-hydrogen) atoms. The maximum Gasteiger partial charge on any atom is 0.422 e. The first-order chi connectivity index (χ1) is 16.1. The van der Waals surface area contributed by atoms with Gasteiger partial charge in [0.05, 0.1) is 12.8 Å². The van der Waals surface area contributed by atoms with Gasteiger partial charge in [-0.15, -0.1) is 0 Å². The highest BCUT2D eigenvalue weighted by molar-refractivity contribution is 5.81. The molecule has 0 aliphatic rings. The van der Waals surface area contributed by atoms with Crippen LogP contribution in [0.4, 0.5) is 36.4 Å². The molecule has 0 radical (unpaired) electrons. The second-order valence-corrected chi connectivity index (χ2v) is 6.79. The molecular formula is C23H17F7N2O2. The van der Waals surface area contributed by atoms with Gasteiger partial charge in [0.1, 0.15) is 17.9 Å². The van der Waals surface area contributed by atoms with Crippen LogP contribution in [-0.4, -0.2) is 12.8 Å². The smallest absolute Gasteiger partial charge is 0.422 e. The number of ether oxygens (including phenoxy) is 2. The third kappa shape index (κ3) is 5.59. The van der Waals surface area contributed by atoms with Crippen LogP contribution >= 0.6 is 0 Å². The van der Waals surface area contributed by atoms with E-state index in [2.05, 4.69) is 5.10 Å². The number of rotatable bonds is 8. The van der Waals surface area contributed by atoms with E-state index in [0.717, 1.165) is 11.8 Å². The number of nitrogens with zero attached hydrogens (tertiary/aromatic N) is 1. The summed E-state index contributed by atoms with van der Waals surface area (Å²) in [4.78, 5) is 0. The molecule has 0 saturated heterocycles. The Morgan fingerprint density at radius 3 is 2.09 bits per heavy atom. The van der Waals surface area contributed by atoms with Crippen LogP contribution in [0.25, 0.3) is 0 Å². The molecule has 0 fully saturated rings. The molecule has 180 valence electrons. The average Bonchev–Trinajstić information content (AvgIpc) is 2.79. The van der Waals surface area contributed by atoms with Crippen LogP contribution in [0.3, 0.4) is 0 Å². The summed E-state index contributed by atoms with van der Waals surface area (Å²) in [7, 11) is 0. The fourth-order valence-electron chi connectivity index (χ4n) is 2.88. The molecule has 4 nitrogen and oxygen atoms in total. The van der Waals surface area contributed by atoms with Crippen LogP contribution in [0, 0.1) is 23.3 Å². The zero-order chi connectivity index (χ0) is 24.9. The van der Waals surface area contributed by atoms with Crippen LogP contribution < -0.4 is 14.9 Å². The van der Waals surface area contributed by atoms with Crippen molar-refractivity contribution in [2.24, 2.45) is 5.10 Å². The van der Waals surface area contributed by atoms with Crippen molar-refractivity contribution in [3.05, 3.63) is 88.5 Å². The van der Waals surface area contributed by atoms with E-state index >= 15 is 0 Å². The number of nitrogens with one attached hydrogen (secondary N) is 1. The summed E-state index contributed by atoms with van der Waals surface area (Å²) in [6, 6.07) is 13.9. The summed E-state index contributed by atoms with van der Waals surface area (Å²) in [6.07, 6.45) is -4.60. The molecule has 0 bridgehead atoms. The Morgan fingerprint density at radius 2 is 1.50 bits per heavy atom. The molecular weight excluding hydrogens is 469 g/mol. The van der Waals surface area contributed by atoms with Crippen LogP contribution in [0.15, 0.2) is 53.6 Å². The maximum absolute atomic E-state index is 13.9. The fourth-order valence-corrected chi connectivity index (χ4v) is 2.88. The highest BCUT2D eigenvalue weighted by atomic mass is 19.4. The van der Waals surface area contributed by atoms with Gasteiger partial charge >= 0.3 is 6.18 Å². The molecule has 3 aromatic rings. The van der Waals surface area contributed by atoms with Crippen molar-refractivity contribution in [1.82, 2.24) is 0 Å². The number of benzene rings is 3. The zero-order valence-electron chi connectivity index (χ0n) is 17.5. The van der Waals surface area contributed by atoms with Gasteiger partial charge in [0.2, 0.25) is 0 Å². The molecule has 11 heteroatoms. The predicted octanol–water partition coefficient (Wildman–Crippen LogP) is 6.69. The number of hydrogen-bond acceptors (Lipinski definition) is 4. The lowest BCUT2D eigenvalue weighted by Gasteiger charge is -2.14. The number of hydrogen-bond donors (Lipinski definition) is 1. The van der Waals surface area contributed by atoms with Gasteiger partial charge < -0.3 is 9.47 Å². The van der Waals surface area contributed by atoms with Gasteiger partial charge in [-0.1, -0.05) is 30.3 Å². The standard InChI is InChI=1S/C23H17F7N2O2/c1-2-33-16-10-14(8-9-15(16)34-12-13-6-4-3-5-7-13)11-31-32-22-20(26)18(24)17(23(28,29)30)19(25)21(22)27/h3-11,32H,2,12H2,1H3/b31-11-. The minimum atomic E-state index is -5.63. The molecule has 0 unspecified atom stereocenters. The van der Waals surface area contributed by atoms with Crippen molar-refractivity contribution in [2.45, 2.75) is 19.7 Å². The van der Waals surface area contributed by atoms with E-state index in [1.165, 1.54) is 12.1 Å². The Bertz CT molecular complexity index is 1150. The van der Waals surface area contributed by atoms with Crippen molar-refractivity contribution in [3.8, 4) is 11.5 Å². The van der Waals surface area contributed by atoms with Gasteiger partial charge in [-0.2, -0.15) is 18.3 Å². The zero-order valence-corrected chi connectivity index (χ0v) is 17.5. The van der Waals surface area contributed by atoms with E-state index in [1.54, 1.807) is 18.4 Å². The Balaban J connectivity index is 1.80. The first-order valence-electron chi connectivity index (χ1n) is 9.79. The minimum Gasteiger partial charge on any atom is -0.490 e. The summed E-state index contributed by atoms with van der Waals surface area (Å²) in [6.45, 7) is 2.29. The lowest BCUT2D eigenvalue weighted by Crippen LogP contribution is -2.16. The molecule has 0 heterocycles. The molecule has 0 amide bonds. The summed E-state index contributed by atoms with van der Waals surface area (Å²) in [5.74, 6) is -8.96. The molecule has 1 N–H and O–H groups in total. The van der Waals surface area contributed by atoms with Gasteiger partial charge in [-0.3, -0.25) is 5.43 Å². The second kappa shape index (κ2) is 10.4. The van der Waals surface area contributed by atoms with Gasteiger partial charge in [0.25, 0.3) is 0 Å². The Labute approximate surface area is 189 Å². The SMILES string of the molecule is CCOc1cc(/C=N\Nc2c(F)c(F)c(C(F)(F)F)c(F)c2F)ccc1OCc1ccccc1. The van der Waals surface area contributed by atoms with E-state index in [1.807, 2.05) is 30.3 Å². The largest absolute Gasteiger partial charge is 0.490 e. The van der Waals surface area contributed by atoms with Crippen molar-refractivity contribution in [3.63, 3.8) is 0 Å². The molecule has 3 aromatic carbocycles. The van der Waals surface area contributed by atoms with Crippen LogP contribution in [0.2, 0.25) is 0 Å². The molecule has 0 aliphatic carbocycles. The van der Waals surface area contributed by atoms with Crippen molar-refractivity contribution < 1.29 is 40.2 Å². The Kier molecular flexibility index (Phi) is 7.64. The predicted molar refractivity (Wildman–Crippen MR) is 111 cm³/mol. The topological polar surface area (TPSA) is 42.8 Å². The highest BCUT2D eigenvalue weighted by Gasteiger charge is 2.42. The van der Waals surface area contributed by atoms with Crippen LogP contribution in [0.5, 0.6) is 11.5 Å². The van der Waals surface area contributed by atoms with Crippen molar-refractivity contribution in [2.75, 3.05) is 12.0 Å². The first-order valence-corrected chi connectivity index (χ1v) is 9.79. The number of halogens is 7. The molecule has 0 aromatic heterocycles. The van der Waals surface area contributed by atoms with E-state index in [4.69, 9.17) is 9.47 Å². The second-order valence-electron chi connectivity index (χ2n) is 6.79. The Morgan fingerprint density at radius 1 is 0.853 bits per heavy atom. The maximum atomic E-state index is 13.9. The van der Waals surface area contributed by atoms with Crippen LogP contribution in [0.1, 0.15) is 23.6 Å². The number of anilines is 1. The van der Waals surface area contributed by atoms with E-state index in [9.17, 15) is 30.7 Å². The third-order valence-corrected chi connectivity index (χ3v) is 4.44. The summed E-state index contributed by atoms with van der Waals surface area (Å²) < 4.78 is 105. The average molecular weight is 486 g/mol. The molecule has 3 rings (SSSR count). The summed E-state index contributed by atoms with van der Waals surface area (Å²) in [5, 5.41) is 3.47. The number of hydrazone groups is 1. The van der Waals surface area contributed by atoms with E-state index in [0.29, 0.717) is 23.7 Å². The van der Waals surface area contributed by atoms with E-state index < -0.39 is 40.7 Å². The van der Waals surface area contributed by atoms with Crippen LogP contribution in [-0.2, 0) is 12.8 Å². The third-order valence-electron chi connectivity index (χ3n) is 4.44. The monoisotopic (exact) mass is 486 g/mol. The van der Waals surface area contributed by atoms with Crippen molar-refractivity contribution >= 4 is 11.9 Å². The summed E-state index contributed by atoms with van der Waals surface area (Å²) in [5.41, 5.74) is -1.22. The van der Waals surface area contributed by atoms with Gasteiger partial charge in [-0.05, 0) is 36.2 Å².